The lowest BCUT2D eigenvalue weighted by molar-refractivity contribution is 0.167. The summed E-state index contributed by atoms with van der Waals surface area (Å²) in [5, 5.41) is 4.98. The van der Waals surface area contributed by atoms with Gasteiger partial charge in [-0.3, -0.25) is 10.6 Å². The monoisotopic (exact) mass is 166 g/mol. The summed E-state index contributed by atoms with van der Waals surface area (Å²) in [5.74, 6) is 0. The van der Waals surface area contributed by atoms with Gasteiger partial charge in [0.15, 0.2) is 12.6 Å². The minimum atomic E-state index is -1.24. The van der Waals surface area contributed by atoms with Crippen molar-refractivity contribution in [2.75, 3.05) is 13.1 Å². The summed E-state index contributed by atoms with van der Waals surface area (Å²) < 4.78 is 25.2. The predicted octanol–water partition coefficient (Wildman–Crippen LogP) is 1.19. The molecule has 0 saturated heterocycles. The first-order valence-corrected chi connectivity index (χ1v) is 3.95. The van der Waals surface area contributed by atoms with Crippen molar-refractivity contribution in [2.45, 2.75) is 32.9 Å². The summed E-state index contributed by atoms with van der Waals surface area (Å²) in [7, 11) is 0. The fourth-order valence-electron chi connectivity index (χ4n) is 0.791. The lowest BCUT2D eigenvalue weighted by Crippen LogP contribution is -2.33. The molecule has 0 aliphatic heterocycles. The molecule has 0 aromatic rings. The van der Waals surface area contributed by atoms with Gasteiger partial charge >= 0.3 is 0 Å². The quantitative estimate of drug-likeness (QED) is 0.579. The number of hydrogen-bond acceptors (Lipinski definition) is 2. The SMILES string of the molecule is CCNC(F)CC(F)NCC. The van der Waals surface area contributed by atoms with Gasteiger partial charge in [-0.05, 0) is 13.1 Å². The van der Waals surface area contributed by atoms with Gasteiger partial charge in [-0.25, -0.2) is 8.78 Å². The Kier molecular flexibility index (Phi) is 6.36. The first-order chi connectivity index (χ1) is 5.20. The second kappa shape index (κ2) is 6.49. The van der Waals surface area contributed by atoms with Crippen LogP contribution in [-0.2, 0) is 0 Å². The Morgan fingerprint density at radius 1 is 1.00 bits per heavy atom. The lowest BCUT2D eigenvalue weighted by atomic mass is 10.3. The van der Waals surface area contributed by atoms with Crippen molar-refractivity contribution >= 4 is 0 Å². The maximum atomic E-state index is 12.6. The van der Waals surface area contributed by atoms with E-state index in [2.05, 4.69) is 10.6 Å². The topological polar surface area (TPSA) is 24.1 Å². The van der Waals surface area contributed by atoms with Crippen molar-refractivity contribution in [1.82, 2.24) is 10.6 Å². The maximum absolute atomic E-state index is 12.6. The predicted molar refractivity (Wildman–Crippen MR) is 41.8 cm³/mol. The Morgan fingerprint density at radius 2 is 1.36 bits per heavy atom. The highest BCUT2D eigenvalue weighted by Gasteiger charge is 2.11. The van der Waals surface area contributed by atoms with Crippen LogP contribution in [0.1, 0.15) is 20.3 Å². The Balaban J connectivity index is 3.32. The molecular formula is C7H16F2N2. The minimum Gasteiger partial charge on any atom is -0.288 e. The van der Waals surface area contributed by atoms with E-state index in [1.807, 2.05) is 0 Å². The fourth-order valence-corrected chi connectivity index (χ4v) is 0.791. The third kappa shape index (κ3) is 6.19. The number of nitrogens with one attached hydrogen (secondary N) is 2. The van der Waals surface area contributed by atoms with Crippen molar-refractivity contribution in [2.24, 2.45) is 0 Å². The van der Waals surface area contributed by atoms with E-state index in [1.165, 1.54) is 0 Å². The summed E-state index contributed by atoms with van der Waals surface area (Å²) in [6.07, 6.45) is -2.61. The molecule has 68 valence electrons. The Morgan fingerprint density at radius 3 is 1.64 bits per heavy atom. The van der Waals surface area contributed by atoms with Crippen LogP contribution in [0.4, 0.5) is 8.78 Å². The second-order valence-corrected chi connectivity index (χ2v) is 2.29. The molecule has 0 fully saturated rings. The molecule has 0 aliphatic rings. The van der Waals surface area contributed by atoms with Crippen molar-refractivity contribution in [3.05, 3.63) is 0 Å². The fraction of sp³-hybridized carbons (Fsp3) is 1.00. The molecule has 0 aromatic carbocycles. The smallest absolute Gasteiger partial charge is 0.155 e. The average Bonchev–Trinajstić information content (AvgIpc) is 1.87. The van der Waals surface area contributed by atoms with Gasteiger partial charge in [-0.2, -0.15) is 0 Å². The molecule has 0 rings (SSSR count). The lowest BCUT2D eigenvalue weighted by Gasteiger charge is -2.12. The molecule has 2 atom stereocenters. The summed E-state index contributed by atoms with van der Waals surface area (Å²) in [6.45, 7) is 4.63. The van der Waals surface area contributed by atoms with Crippen LogP contribution in [0.25, 0.3) is 0 Å². The summed E-state index contributed by atoms with van der Waals surface area (Å²) >= 11 is 0. The molecule has 11 heavy (non-hydrogen) atoms. The Hall–Kier alpha value is -0.220. The van der Waals surface area contributed by atoms with Crippen LogP contribution in [0.5, 0.6) is 0 Å². The highest BCUT2D eigenvalue weighted by atomic mass is 19.1. The normalized spacial score (nSPS) is 16.4. The van der Waals surface area contributed by atoms with Crippen LogP contribution in [0.15, 0.2) is 0 Å². The number of hydrogen-bond donors (Lipinski definition) is 2. The minimum absolute atomic E-state index is 0.123. The van der Waals surface area contributed by atoms with E-state index in [4.69, 9.17) is 0 Å². The summed E-state index contributed by atoms with van der Waals surface area (Å²) in [4.78, 5) is 0. The maximum Gasteiger partial charge on any atom is 0.155 e. The van der Waals surface area contributed by atoms with E-state index in [1.54, 1.807) is 13.8 Å². The standard InChI is InChI=1S/C7H16F2N2/c1-3-10-6(8)5-7(9)11-4-2/h6-7,10-11H,3-5H2,1-2H3. The molecule has 0 amide bonds. The molecule has 0 saturated carbocycles. The van der Waals surface area contributed by atoms with Gasteiger partial charge in [-0.15, -0.1) is 0 Å². The van der Waals surface area contributed by atoms with Crippen LogP contribution in [0.3, 0.4) is 0 Å². The van der Waals surface area contributed by atoms with E-state index in [0.29, 0.717) is 13.1 Å². The average molecular weight is 166 g/mol. The number of alkyl halides is 2. The molecule has 0 spiro atoms. The molecular weight excluding hydrogens is 150 g/mol. The molecule has 2 nitrogen and oxygen atoms in total. The molecule has 0 radical (unpaired) electrons. The van der Waals surface area contributed by atoms with Crippen LogP contribution in [0, 0.1) is 0 Å². The van der Waals surface area contributed by atoms with Crippen molar-refractivity contribution in [3.63, 3.8) is 0 Å². The first kappa shape index (κ1) is 10.8. The number of rotatable bonds is 6. The first-order valence-electron chi connectivity index (χ1n) is 3.95. The van der Waals surface area contributed by atoms with Gasteiger partial charge in [0.2, 0.25) is 0 Å². The molecule has 4 heteroatoms. The highest BCUT2D eigenvalue weighted by Crippen LogP contribution is 2.00. The molecule has 0 bridgehead atoms. The number of halogens is 2. The van der Waals surface area contributed by atoms with Crippen molar-refractivity contribution in [3.8, 4) is 0 Å². The molecule has 0 aromatic heterocycles. The molecule has 2 unspecified atom stereocenters. The molecule has 0 heterocycles. The van der Waals surface area contributed by atoms with Crippen LogP contribution >= 0.6 is 0 Å². The summed E-state index contributed by atoms with van der Waals surface area (Å²) in [5.41, 5.74) is 0. The van der Waals surface area contributed by atoms with E-state index < -0.39 is 12.6 Å². The van der Waals surface area contributed by atoms with E-state index in [0.717, 1.165) is 0 Å². The van der Waals surface area contributed by atoms with Gasteiger partial charge in [0.1, 0.15) is 0 Å². The Labute approximate surface area is 66.4 Å². The highest BCUT2D eigenvalue weighted by molar-refractivity contribution is 4.59. The third-order valence-corrected chi connectivity index (χ3v) is 1.27. The van der Waals surface area contributed by atoms with Crippen molar-refractivity contribution < 1.29 is 8.78 Å². The third-order valence-electron chi connectivity index (χ3n) is 1.27. The second-order valence-electron chi connectivity index (χ2n) is 2.29. The van der Waals surface area contributed by atoms with Crippen LogP contribution in [-0.4, -0.2) is 25.7 Å². The van der Waals surface area contributed by atoms with E-state index in [9.17, 15) is 8.78 Å². The summed E-state index contributed by atoms with van der Waals surface area (Å²) in [6, 6.07) is 0. The zero-order valence-electron chi connectivity index (χ0n) is 7.03. The zero-order chi connectivity index (χ0) is 8.69. The van der Waals surface area contributed by atoms with Gasteiger partial charge in [0.25, 0.3) is 0 Å². The van der Waals surface area contributed by atoms with E-state index in [-0.39, 0.29) is 6.42 Å². The van der Waals surface area contributed by atoms with Crippen molar-refractivity contribution in [1.29, 1.82) is 0 Å². The van der Waals surface area contributed by atoms with Crippen LogP contribution in [0.2, 0.25) is 0 Å². The van der Waals surface area contributed by atoms with Gasteiger partial charge < -0.3 is 0 Å². The van der Waals surface area contributed by atoms with Gasteiger partial charge in [0.05, 0.1) is 0 Å². The largest absolute Gasteiger partial charge is 0.288 e. The Bertz CT molecular complexity index is 80.5. The van der Waals surface area contributed by atoms with E-state index >= 15 is 0 Å². The zero-order valence-corrected chi connectivity index (χ0v) is 7.03. The van der Waals surface area contributed by atoms with Gasteiger partial charge in [-0.1, -0.05) is 13.8 Å². The van der Waals surface area contributed by atoms with Gasteiger partial charge in [0, 0.05) is 6.42 Å². The molecule has 2 N–H and O–H groups in total. The molecule has 0 aliphatic carbocycles. The van der Waals surface area contributed by atoms with Crippen LogP contribution < -0.4 is 10.6 Å².